The minimum absolute atomic E-state index is 0.243. The van der Waals surface area contributed by atoms with Gasteiger partial charge in [0, 0.05) is 57.8 Å². The standard InChI is InChI=1S/C22H32N4O/c1-18(2)7-11-25-13-12-24(17-21(25)8-14-27)16-20-15-19(3)5-6-22(20)26-10-4-9-23-26/h4-7,9-10,15,21,27H,8,11-14,16-17H2,1-3H3/t21-/m0/s1. The molecule has 1 aromatic heterocycles. The van der Waals surface area contributed by atoms with Crippen LogP contribution in [0.4, 0.5) is 0 Å². The number of piperazine rings is 1. The second-order valence-corrected chi connectivity index (χ2v) is 7.76. The number of hydrogen-bond acceptors (Lipinski definition) is 4. The SMILES string of the molecule is CC(C)=CCN1CCN(Cc2cc(C)ccc2-n2cccn2)C[C@@H]1CCO. The molecule has 1 atom stereocenters. The van der Waals surface area contributed by atoms with Crippen LogP contribution in [0.15, 0.2) is 48.3 Å². The molecule has 3 rings (SSSR count). The van der Waals surface area contributed by atoms with Gasteiger partial charge in [-0.25, -0.2) is 4.68 Å². The third-order valence-corrected chi connectivity index (χ3v) is 5.27. The highest BCUT2D eigenvalue weighted by Gasteiger charge is 2.26. The van der Waals surface area contributed by atoms with Crippen molar-refractivity contribution in [3.8, 4) is 5.69 Å². The quantitative estimate of drug-likeness (QED) is 0.763. The lowest BCUT2D eigenvalue weighted by molar-refractivity contribution is 0.0636. The van der Waals surface area contributed by atoms with E-state index in [0.717, 1.165) is 44.8 Å². The van der Waals surface area contributed by atoms with Gasteiger partial charge >= 0.3 is 0 Å². The molecule has 0 bridgehead atoms. The van der Waals surface area contributed by atoms with Gasteiger partial charge in [0.2, 0.25) is 0 Å². The van der Waals surface area contributed by atoms with Crippen LogP contribution < -0.4 is 0 Å². The number of nitrogens with zero attached hydrogens (tertiary/aromatic N) is 4. The molecule has 2 aromatic rings. The highest BCUT2D eigenvalue weighted by atomic mass is 16.3. The second kappa shape index (κ2) is 9.31. The van der Waals surface area contributed by atoms with Gasteiger partial charge in [-0.3, -0.25) is 9.80 Å². The van der Waals surface area contributed by atoms with Crippen LogP contribution in [0.2, 0.25) is 0 Å². The summed E-state index contributed by atoms with van der Waals surface area (Å²) in [4.78, 5) is 5.02. The number of benzene rings is 1. The average Bonchev–Trinajstić information content (AvgIpc) is 3.16. The van der Waals surface area contributed by atoms with E-state index in [1.54, 1.807) is 0 Å². The Balaban J connectivity index is 1.73. The fourth-order valence-electron chi connectivity index (χ4n) is 3.78. The van der Waals surface area contributed by atoms with Crippen molar-refractivity contribution < 1.29 is 5.11 Å². The fourth-order valence-corrected chi connectivity index (χ4v) is 3.78. The molecule has 1 aromatic carbocycles. The Morgan fingerprint density at radius 3 is 2.85 bits per heavy atom. The van der Waals surface area contributed by atoms with E-state index >= 15 is 0 Å². The van der Waals surface area contributed by atoms with Crippen molar-refractivity contribution in [1.82, 2.24) is 19.6 Å². The van der Waals surface area contributed by atoms with Crippen LogP contribution in [-0.4, -0.2) is 63.5 Å². The van der Waals surface area contributed by atoms with Gasteiger partial charge in [0.15, 0.2) is 0 Å². The van der Waals surface area contributed by atoms with E-state index in [0.29, 0.717) is 6.04 Å². The van der Waals surface area contributed by atoms with Crippen molar-refractivity contribution in [3.63, 3.8) is 0 Å². The van der Waals surface area contributed by atoms with E-state index in [4.69, 9.17) is 0 Å². The van der Waals surface area contributed by atoms with E-state index in [-0.39, 0.29) is 6.61 Å². The molecule has 0 radical (unpaired) electrons. The van der Waals surface area contributed by atoms with E-state index in [2.05, 4.69) is 59.9 Å². The molecule has 1 saturated heterocycles. The summed E-state index contributed by atoms with van der Waals surface area (Å²) in [6.07, 6.45) is 6.94. The summed E-state index contributed by atoms with van der Waals surface area (Å²) in [6, 6.07) is 8.94. The maximum atomic E-state index is 9.52. The molecule has 0 aliphatic carbocycles. The molecule has 146 valence electrons. The van der Waals surface area contributed by atoms with Crippen molar-refractivity contribution in [2.24, 2.45) is 0 Å². The number of aryl methyl sites for hydroxylation is 1. The molecule has 0 unspecified atom stereocenters. The van der Waals surface area contributed by atoms with Crippen molar-refractivity contribution >= 4 is 0 Å². The summed E-state index contributed by atoms with van der Waals surface area (Å²) in [5.41, 5.74) is 5.08. The topological polar surface area (TPSA) is 44.5 Å². The molecular weight excluding hydrogens is 336 g/mol. The largest absolute Gasteiger partial charge is 0.396 e. The summed E-state index contributed by atoms with van der Waals surface area (Å²) < 4.78 is 1.95. The van der Waals surface area contributed by atoms with Gasteiger partial charge in [0.05, 0.1) is 5.69 Å². The van der Waals surface area contributed by atoms with Gasteiger partial charge in [-0.1, -0.05) is 29.3 Å². The first kappa shape index (κ1) is 19.8. The molecule has 27 heavy (non-hydrogen) atoms. The molecule has 1 aliphatic heterocycles. The number of hydrogen-bond donors (Lipinski definition) is 1. The summed E-state index contributed by atoms with van der Waals surface area (Å²) >= 11 is 0. The monoisotopic (exact) mass is 368 g/mol. The predicted molar refractivity (Wildman–Crippen MR) is 110 cm³/mol. The first-order valence-corrected chi connectivity index (χ1v) is 9.87. The van der Waals surface area contributed by atoms with Crippen LogP contribution >= 0.6 is 0 Å². The third-order valence-electron chi connectivity index (χ3n) is 5.27. The first-order valence-electron chi connectivity index (χ1n) is 9.87. The molecule has 5 nitrogen and oxygen atoms in total. The maximum Gasteiger partial charge on any atom is 0.0690 e. The third kappa shape index (κ3) is 5.28. The number of allylic oxidation sites excluding steroid dienone is 1. The normalized spacial score (nSPS) is 18.6. The zero-order chi connectivity index (χ0) is 19.2. The second-order valence-electron chi connectivity index (χ2n) is 7.76. The van der Waals surface area contributed by atoms with E-state index in [1.165, 1.54) is 16.7 Å². The van der Waals surface area contributed by atoms with Crippen molar-refractivity contribution in [1.29, 1.82) is 0 Å². The lowest BCUT2D eigenvalue weighted by Crippen LogP contribution is -2.53. The molecule has 1 aliphatic rings. The van der Waals surface area contributed by atoms with Gasteiger partial charge < -0.3 is 5.11 Å². The number of aliphatic hydroxyl groups excluding tert-OH is 1. The Bertz CT molecular complexity index is 750. The van der Waals surface area contributed by atoms with Gasteiger partial charge in [0.1, 0.15) is 0 Å². The zero-order valence-corrected chi connectivity index (χ0v) is 16.8. The van der Waals surface area contributed by atoms with Gasteiger partial charge in [0.25, 0.3) is 0 Å². The molecule has 1 N–H and O–H groups in total. The maximum absolute atomic E-state index is 9.52. The summed E-state index contributed by atoms with van der Waals surface area (Å²) in [7, 11) is 0. The minimum atomic E-state index is 0.243. The van der Waals surface area contributed by atoms with Gasteiger partial charge in [-0.2, -0.15) is 5.10 Å². The van der Waals surface area contributed by atoms with Crippen molar-refractivity contribution in [3.05, 3.63) is 59.4 Å². The number of aliphatic hydroxyl groups is 1. The highest BCUT2D eigenvalue weighted by molar-refractivity contribution is 5.42. The predicted octanol–water partition coefficient (Wildman–Crippen LogP) is 3.02. The van der Waals surface area contributed by atoms with Crippen LogP contribution in [-0.2, 0) is 6.54 Å². The number of rotatable bonds is 7. The average molecular weight is 369 g/mol. The molecule has 0 amide bonds. The Kier molecular flexibility index (Phi) is 6.83. The summed E-state index contributed by atoms with van der Waals surface area (Å²) in [5.74, 6) is 0. The molecular formula is C22H32N4O. The smallest absolute Gasteiger partial charge is 0.0690 e. The zero-order valence-electron chi connectivity index (χ0n) is 16.8. The number of aromatic nitrogens is 2. The molecule has 2 heterocycles. The highest BCUT2D eigenvalue weighted by Crippen LogP contribution is 2.21. The summed E-state index contributed by atoms with van der Waals surface area (Å²) in [6.45, 7) is 11.6. The Morgan fingerprint density at radius 1 is 1.30 bits per heavy atom. The molecule has 0 saturated carbocycles. The molecule has 0 spiro atoms. The van der Waals surface area contributed by atoms with Crippen LogP contribution in [0.25, 0.3) is 5.69 Å². The first-order chi connectivity index (χ1) is 13.1. The lowest BCUT2D eigenvalue weighted by atomic mass is 10.1. The Morgan fingerprint density at radius 2 is 2.15 bits per heavy atom. The molecule has 1 fully saturated rings. The Hall–Kier alpha value is -1.95. The van der Waals surface area contributed by atoms with E-state index in [1.807, 2.05) is 23.1 Å². The van der Waals surface area contributed by atoms with Crippen molar-refractivity contribution in [2.75, 3.05) is 32.8 Å². The van der Waals surface area contributed by atoms with Gasteiger partial charge in [-0.05, 0) is 44.9 Å². The minimum Gasteiger partial charge on any atom is -0.396 e. The Labute approximate surface area is 162 Å². The summed E-state index contributed by atoms with van der Waals surface area (Å²) in [5, 5.41) is 13.9. The van der Waals surface area contributed by atoms with Crippen LogP contribution in [0.3, 0.4) is 0 Å². The molecule has 5 heteroatoms. The van der Waals surface area contributed by atoms with Crippen LogP contribution in [0.5, 0.6) is 0 Å². The lowest BCUT2D eigenvalue weighted by Gasteiger charge is -2.41. The van der Waals surface area contributed by atoms with E-state index in [9.17, 15) is 5.11 Å². The van der Waals surface area contributed by atoms with E-state index < -0.39 is 0 Å². The van der Waals surface area contributed by atoms with Crippen LogP contribution in [0, 0.1) is 6.92 Å². The fraction of sp³-hybridized carbons (Fsp3) is 0.500. The van der Waals surface area contributed by atoms with Crippen molar-refractivity contribution in [2.45, 2.75) is 39.8 Å². The van der Waals surface area contributed by atoms with Gasteiger partial charge in [-0.15, -0.1) is 0 Å². The van der Waals surface area contributed by atoms with Crippen LogP contribution in [0.1, 0.15) is 31.4 Å².